The van der Waals surface area contributed by atoms with Gasteiger partial charge in [-0.1, -0.05) is 36.4 Å². The van der Waals surface area contributed by atoms with Crippen LogP contribution in [0.15, 0.2) is 72.1 Å². The first-order chi connectivity index (χ1) is 16.6. The highest BCUT2D eigenvalue weighted by Crippen LogP contribution is 2.31. The maximum atomic E-state index is 9.62. The van der Waals surface area contributed by atoms with E-state index in [-0.39, 0.29) is 5.92 Å². The fourth-order valence-electron chi connectivity index (χ4n) is 3.97. The van der Waals surface area contributed by atoms with E-state index in [9.17, 15) is 5.26 Å². The molecule has 172 valence electrons. The Hall–Kier alpha value is -3.47. The highest BCUT2D eigenvalue weighted by atomic mass is 32.2. The number of aromatic nitrogens is 3. The molecule has 1 unspecified atom stereocenters. The smallest absolute Gasteiger partial charge is 0.145 e. The normalized spacial score (nSPS) is 12.4. The third kappa shape index (κ3) is 5.19. The fraction of sp³-hybridized carbons (Fsp3) is 0.259. The summed E-state index contributed by atoms with van der Waals surface area (Å²) >= 11 is 0. The van der Waals surface area contributed by atoms with Crippen molar-refractivity contribution in [2.75, 3.05) is 31.9 Å². The summed E-state index contributed by atoms with van der Waals surface area (Å²) < 4.78 is 7.88. The third-order valence-electron chi connectivity index (χ3n) is 5.66. The standard InChI is InChI=1S/C27H28N5OS/c1-29-17-25(23-10-5-4-7-22(23)16-28)20-8-6-9-21(15-20)26-24-11-12-32(27(24)31-18-30-26)19-33-13-14-34(2)3/h4-12,15,17-18,25H,13-14,19H2,1-3H3/q+1. The molecule has 0 spiro atoms. The Morgan fingerprint density at radius 1 is 1.15 bits per heavy atom. The molecule has 4 rings (SSSR count). The van der Waals surface area contributed by atoms with Gasteiger partial charge in [0.25, 0.3) is 0 Å². The summed E-state index contributed by atoms with van der Waals surface area (Å²) in [7, 11) is 2.13. The van der Waals surface area contributed by atoms with Crippen LogP contribution < -0.4 is 0 Å². The summed E-state index contributed by atoms with van der Waals surface area (Å²) in [5, 5.41) is 10.6. The van der Waals surface area contributed by atoms with Crippen molar-refractivity contribution < 1.29 is 4.74 Å². The monoisotopic (exact) mass is 470 g/mol. The zero-order valence-electron chi connectivity index (χ0n) is 19.7. The van der Waals surface area contributed by atoms with Gasteiger partial charge in [0.2, 0.25) is 0 Å². The topological polar surface area (TPSA) is 76.1 Å². The number of benzene rings is 2. The lowest BCUT2D eigenvalue weighted by atomic mass is 9.88. The molecule has 4 aromatic rings. The Labute approximate surface area is 203 Å². The molecule has 0 fully saturated rings. The number of fused-ring (bicyclic) bond motifs is 1. The van der Waals surface area contributed by atoms with Gasteiger partial charge in [-0.05, 0) is 40.2 Å². The van der Waals surface area contributed by atoms with Crippen LogP contribution in [0.25, 0.3) is 22.3 Å². The van der Waals surface area contributed by atoms with E-state index in [1.807, 2.05) is 53.4 Å². The van der Waals surface area contributed by atoms with Gasteiger partial charge in [0.05, 0.1) is 36.4 Å². The Bertz CT molecular complexity index is 1340. The van der Waals surface area contributed by atoms with Crippen LogP contribution >= 0.6 is 0 Å². The first-order valence-electron chi connectivity index (χ1n) is 11.1. The van der Waals surface area contributed by atoms with E-state index in [1.54, 1.807) is 13.4 Å². The SMILES string of the molecule is CN=CC(c1cccc(-c2ncnc3c2ccn3COCC[S+](C)C)c1)c1ccccc1C#N. The van der Waals surface area contributed by atoms with Gasteiger partial charge in [0.15, 0.2) is 0 Å². The molecule has 0 aliphatic rings. The molecule has 2 aromatic heterocycles. The van der Waals surface area contributed by atoms with Gasteiger partial charge in [-0.3, -0.25) is 4.99 Å². The summed E-state index contributed by atoms with van der Waals surface area (Å²) in [6, 6.07) is 20.3. The lowest BCUT2D eigenvalue weighted by Crippen LogP contribution is -2.11. The van der Waals surface area contributed by atoms with Crippen molar-refractivity contribution in [1.29, 1.82) is 5.26 Å². The Morgan fingerprint density at radius 3 is 2.79 bits per heavy atom. The molecule has 7 heteroatoms. The molecule has 34 heavy (non-hydrogen) atoms. The van der Waals surface area contributed by atoms with Gasteiger partial charge < -0.3 is 9.30 Å². The van der Waals surface area contributed by atoms with Crippen molar-refractivity contribution >= 4 is 28.1 Å². The van der Waals surface area contributed by atoms with Gasteiger partial charge in [-0.2, -0.15) is 5.26 Å². The minimum atomic E-state index is -0.127. The Morgan fingerprint density at radius 2 is 2.00 bits per heavy atom. The predicted molar refractivity (Wildman–Crippen MR) is 140 cm³/mol. The van der Waals surface area contributed by atoms with E-state index >= 15 is 0 Å². The molecule has 0 N–H and O–H groups in total. The highest BCUT2D eigenvalue weighted by molar-refractivity contribution is 7.95. The van der Waals surface area contributed by atoms with Crippen molar-refractivity contribution in [3.8, 4) is 17.3 Å². The number of ether oxygens (including phenoxy) is 1. The van der Waals surface area contributed by atoms with Crippen molar-refractivity contribution in [1.82, 2.24) is 14.5 Å². The summed E-state index contributed by atoms with van der Waals surface area (Å²) in [6.07, 6.45) is 9.93. The Balaban J connectivity index is 1.68. The van der Waals surface area contributed by atoms with E-state index in [2.05, 4.69) is 51.7 Å². The minimum Gasteiger partial charge on any atom is -0.356 e. The number of rotatable bonds is 9. The molecule has 6 nitrogen and oxygen atoms in total. The van der Waals surface area contributed by atoms with Gasteiger partial charge >= 0.3 is 0 Å². The van der Waals surface area contributed by atoms with Gasteiger partial charge in [0.1, 0.15) is 24.5 Å². The van der Waals surface area contributed by atoms with Gasteiger partial charge in [0, 0.05) is 36.3 Å². The molecule has 0 saturated heterocycles. The maximum absolute atomic E-state index is 9.62. The average molecular weight is 471 g/mol. The number of hydrogen-bond acceptors (Lipinski definition) is 5. The first-order valence-corrected chi connectivity index (χ1v) is 13.3. The van der Waals surface area contributed by atoms with Gasteiger partial charge in [-0.25, -0.2) is 9.97 Å². The molecule has 0 aliphatic carbocycles. The van der Waals surface area contributed by atoms with Crippen molar-refractivity contribution in [3.05, 3.63) is 83.8 Å². The predicted octanol–water partition coefficient (Wildman–Crippen LogP) is 4.65. The van der Waals surface area contributed by atoms with Crippen molar-refractivity contribution in [2.24, 2.45) is 4.99 Å². The fourth-order valence-corrected chi connectivity index (χ4v) is 4.42. The molecule has 0 bridgehead atoms. The summed E-state index contributed by atoms with van der Waals surface area (Å²) in [5.41, 5.74) is 5.35. The number of nitriles is 1. The lowest BCUT2D eigenvalue weighted by Gasteiger charge is -2.16. The summed E-state index contributed by atoms with van der Waals surface area (Å²) in [6.45, 7) is 1.21. The molecule has 2 heterocycles. The van der Waals surface area contributed by atoms with E-state index in [0.717, 1.165) is 45.8 Å². The second kappa shape index (κ2) is 11.1. The van der Waals surface area contributed by atoms with Crippen LogP contribution in [0.1, 0.15) is 22.6 Å². The van der Waals surface area contributed by atoms with E-state index in [0.29, 0.717) is 23.2 Å². The quantitative estimate of drug-likeness (QED) is 0.203. The van der Waals surface area contributed by atoms with E-state index in [4.69, 9.17) is 4.74 Å². The lowest BCUT2D eigenvalue weighted by molar-refractivity contribution is 0.0924. The van der Waals surface area contributed by atoms with Crippen LogP contribution in [0.3, 0.4) is 0 Å². The largest absolute Gasteiger partial charge is 0.356 e. The van der Waals surface area contributed by atoms with Crippen LogP contribution in [-0.2, 0) is 22.4 Å². The maximum Gasteiger partial charge on any atom is 0.145 e. The number of nitrogens with zero attached hydrogens (tertiary/aromatic N) is 5. The number of aliphatic imine (C=N–C) groups is 1. The van der Waals surface area contributed by atoms with Crippen molar-refractivity contribution in [3.63, 3.8) is 0 Å². The van der Waals surface area contributed by atoms with Crippen LogP contribution in [0.4, 0.5) is 0 Å². The minimum absolute atomic E-state index is 0.127. The van der Waals surface area contributed by atoms with E-state index < -0.39 is 0 Å². The molecular formula is C27H28N5OS+. The van der Waals surface area contributed by atoms with E-state index in [1.165, 1.54) is 0 Å². The van der Waals surface area contributed by atoms with Crippen LogP contribution in [0.5, 0.6) is 0 Å². The highest BCUT2D eigenvalue weighted by Gasteiger charge is 2.17. The second-order valence-electron chi connectivity index (χ2n) is 8.18. The molecular weight excluding hydrogens is 442 g/mol. The second-order valence-corrected chi connectivity index (χ2v) is 10.6. The molecule has 0 aliphatic heterocycles. The molecule has 0 amide bonds. The zero-order valence-corrected chi connectivity index (χ0v) is 20.5. The molecule has 1 atom stereocenters. The van der Waals surface area contributed by atoms with Gasteiger partial charge in [-0.15, -0.1) is 0 Å². The Kier molecular flexibility index (Phi) is 7.73. The van der Waals surface area contributed by atoms with Crippen LogP contribution in [-0.4, -0.2) is 52.7 Å². The number of hydrogen-bond donors (Lipinski definition) is 0. The summed E-state index contributed by atoms with van der Waals surface area (Å²) in [5.74, 6) is 0.932. The third-order valence-corrected chi connectivity index (χ3v) is 6.64. The molecule has 0 saturated carbocycles. The van der Waals surface area contributed by atoms with Crippen LogP contribution in [0.2, 0.25) is 0 Å². The van der Waals surface area contributed by atoms with Crippen LogP contribution in [0, 0.1) is 11.3 Å². The molecule has 2 aromatic carbocycles. The summed E-state index contributed by atoms with van der Waals surface area (Å²) in [4.78, 5) is 13.4. The van der Waals surface area contributed by atoms with Crippen molar-refractivity contribution in [2.45, 2.75) is 12.6 Å². The average Bonchev–Trinajstić information content (AvgIpc) is 3.28. The molecule has 0 radical (unpaired) electrons. The zero-order chi connectivity index (χ0) is 23.9. The first kappa shape index (κ1) is 23.7.